The van der Waals surface area contributed by atoms with Crippen LogP contribution < -0.4 is 10.1 Å². The molecule has 1 amide bonds. The highest BCUT2D eigenvalue weighted by molar-refractivity contribution is 6.01. The van der Waals surface area contributed by atoms with Gasteiger partial charge in [0.15, 0.2) is 0 Å². The molecule has 0 saturated heterocycles. The molecule has 0 aromatic heterocycles. The van der Waals surface area contributed by atoms with E-state index in [9.17, 15) is 9.59 Å². The summed E-state index contributed by atoms with van der Waals surface area (Å²) in [7, 11) is 1.25. The van der Waals surface area contributed by atoms with Crippen molar-refractivity contribution in [2.24, 2.45) is 0 Å². The number of hydrogen-bond acceptors (Lipinski definition) is 4. The first kappa shape index (κ1) is 15.0. The van der Waals surface area contributed by atoms with Crippen LogP contribution in [0.4, 0.5) is 5.69 Å². The van der Waals surface area contributed by atoms with E-state index in [-0.39, 0.29) is 6.42 Å². The summed E-state index contributed by atoms with van der Waals surface area (Å²) in [5.41, 5.74) is 0.622. The summed E-state index contributed by atoms with van der Waals surface area (Å²) in [6.45, 7) is 2.79. The van der Waals surface area contributed by atoms with Gasteiger partial charge >= 0.3 is 5.97 Å². The summed E-state index contributed by atoms with van der Waals surface area (Å²) in [5.74, 6) is -0.192. The minimum atomic E-state index is -0.558. The number of anilines is 1. The summed E-state index contributed by atoms with van der Waals surface area (Å²) in [5, 5.41) is 2.61. The van der Waals surface area contributed by atoms with E-state index in [4.69, 9.17) is 4.74 Å². The van der Waals surface area contributed by atoms with Crippen LogP contribution in [-0.2, 0) is 14.3 Å². The highest BCUT2D eigenvalue weighted by Gasteiger charge is 2.09. The van der Waals surface area contributed by atoms with Crippen molar-refractivity contribution in [3.63, 3.8) is 0 Å². The molecule has 5 heteroatoms. The van der Waals surface area contributed by atoms with Gasteiger partial charge in [-0.15, -0.1) is 0 Å². The van der Waals surface area contributed by atoms with Crippen molar-refractivity contribution in [1.82, 2.24) is 0 Å². The molecule has 0 atom stereocenters. The maximum atomic E-state index is 11.4. The Balaban J connectivity index is 2.43. The van der Waals surface area contributed by atoms with E-state index in [0.717, 1.165) is 18.6 Å². The molecule has 0 radical (unpaired) electrons. The van der Waals surface area contributed by atoms with Gasteiger partial charge in [0.25, 0.3) is 0 Å². The van der Waals surface area contributed by atoms with Crippen LogP contribution in [0.2, 0.25) is 0 Å². The number of amides is 1. The molecule has 1 N–H and O–H groups in total. The number of hydrogen-bond donors (Lipinski definition) is 1. The second-order valence-corrected chi connectivity index (χ2v) is 4.03. The Morgan fingerprint density at radius 2 is 1.89 bits per heavy atom. The van der Waals surface area contributed by atoms with Crippen molar-refractivity contribution in [2.75, 3.05) is 19.0 Å². The van der Waals surface area contributed by atoms with Crippen molar-refractivity contribution in [3.8, 4) is 5.75 Å². The van der Waals surface area contributed by atoms with Gasteiger partial charge in [0.1, 0.15) is 12.2 Å². The predicted molar refractivity (Wildman–Crippen MR) is 72.1 cm³/mol. The maximum absolute atomic E-state index is 11.4. The van der Waals surface area contributed by atoms with E-state index in [1.165, 1.54) is 7.11 Å². The van der Waals surface area contributed by atoms with E-state index in [0.29, 0.717) is 12.3 Å². The molecule has 0 fully saturated rings. The standard InChI is InChI=1S/C14H19NO4/c1-3-4-9-19-12-7-5-11(6-8-12)15-13(16)10-14(17)18-2/h5-8H,3-4,9-10H2,1-2H3,(H,15,16). The third-order valence-corrected chi connectivity index (χ3v) is 2.44. The minimum Gasteiger partial charge on any atom is -0.494 e. The maximum Gasteiger partial charge on any atom is 0.315 e. The van der Waals surface area contributed by atoms with Crippen LogP contribution in [0.5, 0.6) is 5.75 Å². The summed E-state index contributed by atoms with van der Waals surface area (Å²) >= 11 is 0. The summed E-state index contributed by atoms with van der Waals surface area (Å²) < 4.78 is 9.91. The third-order valence-electron chi connectivity index (χ3n) is 2.44. The number of carbonyl (C=O) groups is 2. The molecule has 0 spiro atoms. The molecule has 19 heavy (non-hydrogen) atoms. The van der Waals surface area contributed by atoms with Crippen molar-refractivity contribution in [3.05, 3.63) is 24.3 Å². The Bertz CT molecular complexity index is 414. The number of rotatable bonds is 7. The van der Waals surface area contributed by atoms with Crippen LogP contribution >= 0.6 is 0 Å². The number of carbonyl (C=O) groups excluding carboxylic acids is 2. The van der Waals surface area contributed by atoms with Crippen LogP contribution in [0.3, 0.4) is 0 Å². The summed E-state index contributed by atoms with van der Waals surface area (Å²) in [6.07, 6.45) is 1.81. The van der Waals surface area contributed by atoms with Gasteiger partial charge < -0.3 is 14.8 Å². The fraction of sp³-hybridized carbons (Fsp3) is 0.429. The molecule has 0 aliphatic heterocycles. The zero-order valence-electron chi connectivity index (χ0n) is 11.3. The lowest BCUT2D eigenvalue weighted by atomic mass is 10.3. The number of nitrogens with one attached hydrogen (secondary N) is 1. The molecule has 1 rings (SSSR count). The zero-order valence-corrected chi connectivity index (χ0v) is 11.3. The molecule has 0 saturated carbocycles. The smallest absolute Gasteiger partial charge is 0.315 e. The van der Waals surface area contributed by atoms with Gasteiger partial charge in [-0.3, -0.25) is 9.59 Å². The normalized spacial score (nSPS) is 9.79. The number of benzene rings is 1. The van der Waals surface area contributed by atoms with Gasteiger partial charge in [-0.2, -0.15) is 0 Å². The van der Waals surface area contributed by atoms with Gasteiger partial charge in [-0.1, -0.05) is 13.3 Å². The first-order valence-electron chi connectivity index (χ1n) is 6.25. The Labute approximate surface area is 112 Å². The average molecular weight is 265 g/mol. The van der Waals surface area contributed by atoms with Crippen molar-refractivity contribution >= 4 is 17.6 Å². The van der Waals surface area contributed by atoms with E-state index in [1.807, 2.05) is 0 Å². The van der Waals surface area contributed by atoms with Crippen LogP contribution in [0.1, 0.15) is 26.2 Å². The number of esters is 1. The van der Waals surface area contributed by atoms with E-state index in [1.54, 1.807) is 24.3 Å². The van der Waals surface area contributed by atoms with Crippen LogP contribution in [0.15, 0.2) is 24.3 Å². The zero-order chi connectivity index (χ0) is 14.1. The molecule has 1 aromatic rings. The van der Waals surface area contributed by atoms with Crippen LogP contribution in [0, 0.1) is 0 Å². The van der Waals surface area contributed by atoms with Gasteiger partial charge in [-0.25, -0.2) is 0 Å². The van der Waals surface area contributed by atoms with Gasteiger partial charge in [0, 0.05) is 5.69 Å². The number of methoxy groups -OCH3 is 1. The fourth-order valence-corrected chi connectivity index (χ4v) is 1.38. The number of unbranched alkanes of at least 4 members (excludes halogenated alkanes) is 1. The van der Waals surface area contributed by atoms with Gasteiger partial charge in [0.05, 0.1) is 13.7 Å². The lowest BCUT2D eigenvalue weighted by Gasteiger charge is -2.07. The van der Waals surface area contributed by atoms with E-state index < -0.39 is 11.9 Å². The predicted octanol–water partition coefficient (Wildman–Crippen LogP) is 2.37. The van der Waals surface area contributed by atoms with Crippen LogP contribution in [-0.4, -0.2) is 25.6 Å². The molecule has 1 aromatic carbocycles. The quantitative estimate of drug-likeness (QED) is 0.467. The van der Waals surface area contributed by atoms with Gasteiger partial charge in [0.2, 0.25) is 5.91 Å². The number of ether oxygens (including phenoxy) is 2. The Morgan fingerprint density at radius 3 is 2.47 bits per heavy atom. The van der Waals surface area contributed by atoms with E-state index >= 15 is 0 Å². The first-order valence-corrected chi connectivity index (χ1v) is 6.25. The SMILES string of the molecule is CCCCOc1ccc(NC(=O)CC(=O)OC)cc1. The third kappa shape index (κ3) is 5.90. The average Bonchev–Trinajstić information content (AvgIpc) is 2.40. The highest BCUT2D eigenvalue weighted by atomic mass is 16.5. The molecular weight excluding hydrogens is 246 g/mol. The van der Waals surface area contributed by atoms with Crippen molar-refractivity contribution in [1.29, 1.82) is 0 Å². The van der Waals surface area contributed by atoms with Crippen LogP contribution in [0.25, 0.3) is 0 Å². The molecule has 104 valence electrons. The monoisotopic (exact) mass is 265 g/mol. The lowest BCUT2D eigenvalue weighted by molar-refractivity contribution is -0.142. The first-order chi connectivity index (χ1) is 9.15. The lowest BCUT2D eigenvalue weighted by Crippen LogP contribution is -2.17. The van der Waals surface area contributed by atoms with E-state index in [2.05, 4.69) is 17.0 Å². The molecule has 5 nitrogen and oxygen atoms in total. The topological polar surface area (TPSA) is 64.6 Å². The minimum absolute atomic E-state index is 0.286. The molecule has 0 bridgehead atoms. The Morgan fingerprint density at radius 1 is 1.21 bits per heavy atom. The summed E-state index contributed by atoms with van der Waals surface area (Å²) in [6, 6.07) is 7.03. The molecule has 0 unspecified atom stereocenters. The van der Waals surface area contributed by atoms with Crippen molar-refractivity contribution < 1.29 is 19.1 Å². The molecule has 0 aliphatic rings. The highest BCUT2D eigenvalue weighted by Crippen LogP contribution is 2.16. The van der Waals surface area contributed by atoms with Gasteiger partial charge in [-0.05, 0) is 30.7 Å². The summed E-state index contributed by atoms with van der Waals surface area (Å²) in [4.78, 5) is 22.3. The molecular formula is C14H19NO4. The Kier molecular flexibility index (Phi) is 6.43. The Hall–Kier alpha value is -2.04. The second kappa shape index (κ2) is 8.13. The fourth-order valence-electron chi connectivity index (χ4n) is 1.38. The second-order valence-electron chi connectivity index (χ2n) is 4.03. The molecule has 0 heterocycles. The largest absolute Gasteiger partial charge is 0.494 e. The van der Waals surface area contributed by atoms with Crippen molar-refractivity contribution in [2.45, 2.75) is 26.2 Å². The molecule has 0 aliphatic carbocycles.